The number of ether oxygens (including phenoxy) is 1. The van der Waals surface area contributed by atoms with Crippen LogP contribution in [0.25, 0.3) is 22.3 Å². The Morgan fingerprint density at radius 1 is 0.857 bits per heavy atom. The largest absolute Gasteiger partial charge is 0.387 e. The van der Waals surface area contributed by atoms with Crippen molar-refractivity contribution < 1.29 is 14.9 Å². The number of nitrogens with one attached hydrogen (secondary N) is 6. The average molecular weight is 770 g/mol. The number of tetrazole rings is 1. The maximum atomic E-state index is 11.2. The molecule has 0 aromatic carbocycles. The van der Waals surface area contributed by atoms with E-state index in [1.807, 2.05) is 6.92 Å². The van der Waals surface area contributed by atoms with E-state index >= 15 is 0 Å². The van der Waals surface area contributed by atoms with Gasteiger partial charge in [0.25, 0.3) is 0 Å². The first-order valence-corrected chi connectivity index (χ1v) is 19.4. The Hall–Kier alpha value is -5.58. The van der Waals surface area contributed by atoms with Gasteiger partial charge in [-0.15, -0.1) is 10.2 Å². The minimum atomic E-state index is -1.31. The van der Waals surface area contributed by atoms with Crippen molar-refractivity contribution in [1.82, 2.24) is 69.6 Å². The maximum Gasteiger partial charge on any atom is 0.227 e. The first kappa shape index (κ1) is 36.1. The summed E-state index contributed by atoms with van der Waals surface area (Å²) in [6.07, 6.45) is 10.1. The third-order valence-electron chi connectivity index (χ3n) is 11.0. The van der Waals surface area contributed by atoms with Crippen LogP contribution in [-0.2, 0) is 17.7 Å². The zero-order chi connectivity index (χ0) is 38.2. The number of hydrogen-bond acceptors (Lipinski definition) is 18. The number of aliphatic hydroxyl groups excluding tert-OH is 2. The third kappa shape index (κ3) is 7.39. The predicted molar refractivity (Wildman–Crippen MR) is 203 cm³/mol. The fourth-order valence-electron chi connectivity index (χ4n) is 7.84. The molecule has 4 atom stereocenters. The number of aliphatic hydroxyl groups is 2. The number of aromatic amines is 2. The lowest BCUT2D eigenvalue weighted by molar-refractivity contribution is -0.0384. The molecule has 22 heteroatoms. The van der Waals surface area contributed by atoms with E-state index in [0.717, 1.165) is 68.4 Å². The van der Waals surface area contributed by atoms with Crippen LogP contribution in [0.3, 0.4) is 0 Å². The number of aryl methyl sites for hydroxylation is 1. The molecule has 10 N–H and O–H groups in total. The molecule has 3 aliphatic rings. The molecule has 2 saturated carbocycles. The highest BCUT2D eigenvalue weighted by Gasteiger charge is 2.47. The molecule has 1 saturated heterocycles. The summed E-state index contributed by atoms with van der Waals surface area (Å²) in [6.45, 7) is 2.92. The van der Waals surface area contributed by atoms with Crippen LogP contribution in [0.15, 0.2) is 25.2 Å². The van der Waals surface area contributed by atoms with Crippen molar-refractivity contribution in [2.45, 2.75) is 120 Å². The van der Waals surface area contributed by atoms with Gasteiger partial charge in [-0.25, -0.2) is 15.0 Å². The van der Waals surface area contributed by atoms with E-state index in [1.54, 1.807) is 29.7 Å². The van der Waals surface area contributed by atoms with Crippen LogP contribution in [0.5, 0.6) is 0 Å². The number of fused-ring (bicyclic) bond motifs is 2. The number of nitrogens with zero attached hydrogens (tertiary/aromatic N) is 12. The number of imidazole rings is 3. The number of nitrogens with two attached hydrogens (primary N) is 1. The SMILES string of the molecule is CCn1nnc([C@H]2O[C@@H](n3cnc4c(NC5CCC(Nc6nc(NC7CCC(N)CC7)nc7nc[nH]c67)CC5)nc(NCCc5cnc[nH]5)nc43)[C@H](O)[C@@H]2O)n1. The van der Waals surface area contributed by atoms with Crippen molar-refractivity contribution >= 4 is 45.9 Å². The van der Waals surface area contributed by atoms with Crippen LogP contribution in [0, 0.1) is 0 Å². The highest BCUT2D eigenvalue weighted by atomic mass is 16.6. The molecule has 56 heavy (non-hydrogen) atoms. The Bertz CT molecular complexity index is 2220. The fraction of sp³-hybridized carbons (Fsp3) is 0.588. The summed E-state index contributed by atoms with van der Waals surface area (Å²) < 4.78 is 7.79. The Balaban J connectivity index is 0.910. The second-order valence-electron chi connectivity index (χ2n) is 14.8. The van der Waals surface area contributed by atoms with Gasteiger partial charge in [0.1, 0.15) is 17.7 Å². The van der Waals surface area contributed by atoms with Gasteiger partial charge in [-0.1, -0.05) is 0 Å². The topological polar surface area (TPSA) is 294 Å². The van der Waals surface area contributed by atoms with Crippen LogP contribution in [0.1, 0.15) is 82.1 Å². The summed E-state index contributed by atoms with van der Waals surface area (Å²) >= 11 is 0. The Labute approximate surface area is 320 Å². The monoisotopic (exact) mass is 769 g/mol. The standard InChI is InChI=1S/C34H47N19O3/c1-2-53-50-30(49-51-53)26-24(54)25(55)32(56-26)52-16-41-23-29(46-33(48-31(23)52)37-12-11-21-13-36-14-38-21)43-19-9-7-18(8-10-19)42-28-22-27(40-15-39-22)45-34(47-28)44-20-5-3-17(35)4-6-20/h13-20,24-26,32,54-55H,2-12,35H2,1H3,(H,36,38)(H2,37,43,46,48)(H3,39,40,42,44,45,47)/t17?,18?,19?,20?,24-,25+,26-,32+/m0/s1. The molecule has 0 bridgehead atoms. The molecule has 0 amide bonds. The maximum absolute atomic E-state index is 11.2. The molecule has 6 aromatic heterocycles. The molecular formula is C34H47N19O3. The summed E-state index contributed by atoms with van der Waals surface area (Å²) in [5.74, 6) is 2.43. The normalized spacial score (nSPS) is 26.9. The summed E-state index contributed by atoms with van der Waals surface area (Å²) in [4.78, 5) is 40.1. The highest BCUT2D eigenvalue weighted by molar-refractivity contribution is 5.85. The van der Waals surface area contributed by atoms with Gasteiger partial charge in [-0.05, 0) is 63.5 Å². The average Bonchev–Trinajstić information content (AvgIpc) is 4.06. The van der Waals surface area contributed by atoms with Gasteiger partial charge in [0.2, 0.25) is 17.7 Å². The summed E-state index contributed by atoms with van der Waals surface area (Å²) in [5.41, 5.74) is 9.44. The first-order valence-electron chi connectivity index (χ1n) is 19.4. The minimum absolute atomic E-state index is 0.105. The zero-order valence-corrected chi connectivity index (χ0v) is 31.0. The molecule has 7 heterocycles. The summed E-state index contributed by atoms with van der Waals surface area (Å²) in [5, 5.41) is 48.7. The van der Waals surface area contributed by atoms with E-state index in [2.05, 4.69) is 66.6 Å². The van der Waals surface area contributed by atoms with Crippen molar-refractivity contribution in [2.24, 2.45) is 5.73 Å². The zero-order valence-electron chi connectivity index (χ0n) is 31.0. The molecule has 1 aliphatic heterocycles. The Kier molecular flexibility index (Phi) is 10.00. The van der Waals surface area contributed by atoms with Crippen LogP contribution in [0.4, 0.5) is 23.5 Å². The molecule has 22 nitrogen and oxygen atoms in total. The molecule has 0 unspecified atom stereocenters. The molecule has 296 valence electrons. The van der Waals surface area contributed by atoms with E-state index in [0.29, 0.717) is 54.0 Å². The molecule has 3 fully saturated rings. The number of rotatable bonds is 13. The third-order valence-corrected chi connectivity index (χ3v) is 11.0. The van der Waals surface area contributed by atoms with Crippen LogP contribution in [0.2, 0.25) is 0 Å². The van der Waals surface area contributed by atoms with Crippen molar-refractivity contribution in [1.29, 1.82) is 0 Å². The van der Waals surface area contributed by atoms with Gasteiger partial charge in [-0.3, -0.25) is 4.57 Å². The van der Waals surface area contributed by atoms with E-state index < -0.39 is 24.5 Å². The van der Waals surface area contributed by atoms with E-state index in [9.17, 15) is 10.2 Å². The molecular weight excluding hydrogens is 723 g/mol. The summed E-state index contributed by atoms with van der Waals surface area (Å²) in [7, 11) is 0. The van der Waals surface area contributed by atoms with Gasteiger partial charge in [0.15, 0.2) is 40.8 Å². The van der Waals surface area contributed by atoms with Crippen molar-refractivity contribution in [3.63, 3.8) is 0 Å². The van der Waals surface area contributed by atoms with Crippen molar-refractivity contribution in [3.05, 3.63) is 36.7 Å². The van der Waals surface area contributed by atoms with Gasteiger partial charge >= 0.3 is 0 Å². The van der Waals surface area contributed by atoms with Gasteiger partial charge in [0, 0.05) is 49.0 Å². The Morgan fingerprint density at radius 3 is 2.36 bits per heavy atom. The number of H-pyrrole nitrogens is 2. The van der Waals surface area contributed by atoms with Crippen molar-refractivity contribution in [2.75, 3.05) is 27.8 Å². The fourth-order valence-corrected chi connectivity index (χ4v) is 7.84. The van der Waals surface area contributed by atoms with Crippen LogP contribution >= 0.6 is 0 Å². The van der Waals surface area contributed by atoms with Crippen LogP contribution < -0.4 is 27.0 Å². The smallest absolute Gasteiger partial charge is 0.227 e. The van der Waals surface area contributed by atoms with Crippen molar-refractivity contribution in [3.8, 4) is 0 Å². The number of aromatic nitrogens is 14. The predicted octanol–water partition coefficient (Wildman–Crippen LogP) is 1.39. The Morgan fingerprint density at radius 2 is 1.61 bits per heavy atom. The van der Waals surface area contributed by atoms with Gasteiger partial charge in [0.05, 0.1) is 25.5 Å². The van der Waals surface area contributed by atoms with Gasteiger partial charge < -0.3 is 51.9 Å². The quantitative estimate of drug-likeness (QED) is 0.0802. The lowest BCUT2D eigenvalue weighted by Crippen LogP contribution is -2.34. The molecule has 9 rings (SSSR count). The second kappa shape index (κ2) is 15.5. The van der Waals surface area contributed by atoms with E-state index in [-0.39, 0.29) is 30.0 Å². The molecule has 0 radical (unpaired) electrons. The van der Waals surface area contributed by atoms with Gasteiger partial charge in [-0.2, -0.15) is 24.7 Å². The molecule has 6 aromatic rings. The van der Waals surface area contributed by atoms with E-state index in [4.69, 9.17) is 25.4 Å². The highest BCUT2D eigenvalue weighted by Crippen LogP contribution is 2.39. The lowest BCUT2D eigenvalue weighted by Gasteiger charge is -2.30. The number of hydrogen-bond donors (Lipinski definition) is 9. The first-order chi connectivity index (χ1) is 27.4. The van der Waals surface area contributed by atoms with E-state index in [1.165, 1.54) is 4.80 Å². The second-order valence-corrected chi connectivity index (χ2v) is 14.8. The summed E-state index contributed by atoms with van der Waals surface area (Å²) in [6, 6.07) is 0.848. The lowest BCUT2D eigenvalue weighted by atomic mass is 9.91. The number of anilines is 4. The minimum Gasteiger partial charge on any atom is -0.387 e. The molecule has 2 aliphatic carbocycles. The molecule has 0 spiro atoms. The van der Waals surface area contributed by atoms with Crippen LogP contribution in [-0.4, -0.2) is 123 Å².